The van der Waals surface area contributed by atoms with Crippen LogP contribution in [0.1, 0.15) is 52.8 Å². The van der Waals surface area contributed by atoms with Gasteiger partial charge in [-0.05, 0) is 42.7 Å². The number of amides is 2. The minimum atomic E-state index is -0.500. The van der Waals surface area contributed by atoms with E-state index in [1.807, 2.05) is 6.08 Å². The molecule has 10 nitrogen and oxygen atoms in total. The first-order valence-electron chi connectivity index (χ1n) is 13.2. The normalized spacial score (nSPS) is 25.9. The van der Waals surface area contributed by atoms with Gasteiger partial charge < -0.3 is 15.0 Å². The number of aromatic nitrogens is 2. The molecule has 2 amide bonds. The highest BCUT2D eigenvalue weighted by Gasteiger charge is 2.55. The van der Waals surface area contributed by atoms with Crippen molar-refractivity contribution in [3.63, 3.8) is 0 Å². The summed E-state index contributed by atoms with van der Waals surface area (Å²) in [7, 11) is 0. The zero-order chi connectivity index (χ0) is 27.4. The Labute approximate surface area is 223 Å². The van der Waals surface area contributed by atoms with Gasteiger partial charge in [0.15, 0.2) is 11.6 Å². The predicted octanol–water partition coefficient (Wildman–Crippen LogP) is 1.97. The molecule has 0 aromatic carbocycles. The summed E-state index contributed by atoms with van der Waals surface area (Å²) >= 11 is 0. The Morgan fingerprint density at radius 3 is 2.58 bits per heavy atom. The maximum atomic E-state index is 13.3. The van der Waals surface area contributed by atoms with Crippen LogP contribution >= 0.6 is 0 Å². The van der Waals surface area contributed by atoms with Crippen LogP contribution in [0.15, 0.2) is 42.3 Å². The summed E-state index contributed by atoms with van der Waals surface area (Å²) in [5.41, 5.74) is 0.438. The lowest BCUT2D eigenvalue weighted by Gasteiger charge is -2.29. The van der Waals surface area contributed by atoms with E-state index in [1.165, 1.54) is 6.92 Å². The smallest absolute Gasteiger partial charge is 0.242 e. The number of Topliss-reactive ketones (excluding diaryl/α,β-unsaturated/α-hetero) is 1. The number of ketones is 1. The van der Waals surface area contributed by atoms with Crippen molar-refractivity contribution in [3.8, 4) is 0 Å². The van der Waals surface area contributed by atoms with Gasteiger partial charge in [-0.1, -0.05) is 32.9 Å². The Bertz CT molecular complexity index is 1130. The molecule has 2 aliphatic carbocycles. The number of carbonyl (C=O) groups is 3. The number of fused-ring (bicyclic) bond motifs is 1. The molecule has 204 valence electrons. The first kappa shape index (κ1) is 27.8. The zero-order valence-corrected chi connectivity index (χ0v) is 22.6. The average molecular weight is 523 g/mol. The fourth-order valence-corrected chi connectivity index (χ4v) is 4.98. The van der Waals surface area contributed by atoms with Crippen LogP contribution in [0.25, 0.3) is 0 Å². The molecule has 0 bridgehead atoms. The van der Waals surface area contributed by atoms with Crippen LogP contribution < -0.4 is 10.6 Å². The standard InChI is InChI=1S/C28H38N6O4/c1-17(35)26(29)20-14-19(38-16-24-30-9-5-10-31-24)6-7-21(20)33-15-25(36)34-22-12-18(22)13-23(34)27(37)32-11-8-28(2,3)4/h5-7,9-10,14,18-19,21-23,29,33H,8,11-13,15-16H2,1-4H3,(H,32,37). The largest absolute Gasteiger partial charge is 0.362 e. The minimum Gasteiger partial charge on any atom is -0.362 e. The second-order valence-electron chi connectivity index (χ2n) is 11.5. The number of nitrogens with one attached hydrogen (secondary N) is 3. The molecule has 3 N–H and O–H groups in total. The predicted molar refractivity (Wildman–Crippen MR) is 142 cm³/mol. The molecular formula is C28H38N6O4. The highest BCUT2D eigenvalue weighted by atomic mass is 16.5. The molecule has 1 saturated carbocycles. The minimum absolute atomic E-state index is 0.00407. The van der Waals surface area contributed by atoms with E-state index in [9.17, 15) is 14.4 Å². The summed E-state index contributed by atoms with van der Waals surface area (Å²) in [6.07, 6.45) is 10.6. The molecule has 5 unspecified atom stereocenters. The van der Waals surface area contributed by atoms with Gasteiger partial charge in [0.1, 0.15) is 18.4 Å². The molecule has 10 heteroatoms. The van der Waals surface area contributed by atoms with E-state index in [0.717, 1.165) is 12.8 Å². The third-order valence-electron chi connectivity index (χ3n) is 7.18. The fraction of sp³-hybridized carbons (Fsp3) is 0.571. The van der Waals surface area contributed by atoms with Crippen LogP contribution in [0.2, 0.25) is 0 Å². The Balaban J connectivity index is 1.36. The molecular weight excluding hydrogens is 484 g/mol. The number of piperidine rings is 1. The quantitative estimate of drug-likeness (QED) is 0.298. The van der Waals surface area contributed by atoms with Gasteiger partial charge >= 0.3 is 0 Å². The van der Waals surface area contributed by atoms with E-state index in [4.69, 9.17) is 10.1 Å². The number of nitrogens with zero attached hydrogens (tertiary/aromatic N) is 3. The molecule has 5 atom stereocenters. The Morgan fingerprint density at radius 1 is 1.16 bits per heavy atom. The first-order valence-corrected chi connectivity index (χ1v) is 13.2. The van der Waals surface area contributed by atoms with Crippen LogP contribution in [0.4, 0.5) is 0 Å². The maximum Gasteiger partial charge on any atom is 0.242 e. The zero-order valence-electron chi connectivity index (χ0n) is 22.6. The van der Waals surface area contributed by atoms with Gasteiger partial charge in [-0.3, -0.25) is 25.1 Å². The number of ether oxygens (including phenoxy) is 1. The lowest BCUT2D eigenvalue weighted by molar-refractivity contribution is -0.139. The van der Waals surface area contributed by atoms with Crippen molar-refractivity contribution in [2.45, 2.75) is 77.8 Å². The van der Waals surface area contributed by atoms with E-state index in [1.54, 1.807) is 35.5 Å². The second-order valence-corrected chi connectivity index (χ2v) is 11.5. The molecule has 38 heavy (non-hydrogen) atoms. The third kappa shape index (κ3) is 6.99. The van der Waals surface area contributed by atoms with Crippen molar-refractivity contribution in [1.82, 2.24) is 25.5 Å². The summed E-state index contributed by atoms with van der Waals surface area (Å²) in [4.78, 5) is 48.2. The molecule has 2 fully saturated rings. The molecule has 2 heterocycles. The van der Waals surface area contributed by atoms with Crippen LogP contribution in [-0.2, 0) is 25.7 Å². The van der Waals surface area contributed by atoms with Crippen molar-refractivity contribution >= 4 is 23.3 Å². The van der Waals surface area contributed by atoms with Gasteiger partial charge in [0, 0.05) is 37.5 Å². The van der Waals surface area contributed by atoms with Gasteiger partial charge in [0.2, 0.25) is 11.8 Å². The van der Waals surface area contributed by atoms with E-state index in [2.05, 4.69) is 41.4 Å². The molecule has 3 aliphatic rings. The highest BCUT2D eigenvalue weighted by molar-refractivity contribution is 6.44. The Morgan fingerprint density at radius 2 is 1.89 bits per heavy atom. The molecule has 1 aromatic heterocycles. The van der Waals surface area contributed by atoms with Gasteiger partial charge in [-0.2, -0.15) is 0 Å². The lowest BCUT2D eigenvalue weighted by Crippen LogP contribution is -2.51. The molecule has 4 rings (SSSR count). The Kier molecular flexibility index (Phi) is 8.52. The lowest BCUT2D eigenvalue weighted by atomic mass is 9.92. The number of rotatable bonds is 11. The van der Waals surface area contributed by atoms with Gasteiger partial charge in [0.25, 0.3) is 0 Å². The van der Waals surface area contributed by atoms with Crippen LogP contribution in [-0.4, -0.2) is 75.5 Å². The number of carbonyl (C=O) groups excluding carboxylic acids is 3. The number of hydrogen-bond acceptors (Lipinski definition) is 8. The van der Waals surface area contributed by atoms with Crippen LogP contribution in [0, 0.1) is 16.7 Å². The van der Waals surface area contributed by atoms with Crippen molar-refractivity contribution in [2.24, 2.45) is 11.3 Å². The number of likely N-dealkylation sites (tertiary alicyclic amines) is 1. The van der Waals surface area contributed by atoms with Crippen LogP contribution in [0.5, 0.6) is 0 Å². The van der Waals surface area contributed by atoms with Gasteiger partial charge in [0.05, 0.1) is 18.7 Å². The van der Waals surface area contributed by atoms with Crippen molar-refractivity contribution in [3.05, 3.63) is 48.1 Å². The van der Waals surface area contributed by atoms with E-state index in [0.29, 0.717) is 30.3 Å². The summed E-state index contributed by atoms with van der Waals surface area (Å²) in [6.45, 7) is 8.50. The second kappa shape index (κ2) is 11.7. The molecule has 0 radical (unpaired) electrons. The maximum absolute atomic E-state index is 13.3. The van der Waals surface area contributed by atoms with Crippen molar-refractivity contribution in [2.75, 3.05) is 13.1 Å². The van der Waals surface area contributed by atoms with Gasteiger partial charge in [-0.25, -0.2) is 9.97 Å². The van der Waals surface area contributed by atoms with Crippen LogP contribution in [0.3, 0.4) is 0 Å². The molecule has 0 spiro atoms. The Hall–Kier alpha value is -3.24. The average Bonchev–Trinajstić information content (AvgIpc) is 3.54. The molecule has 1 aromatic rings. The third-order valence-corrected chi connectivity index (χ3v) is 7.18. The summed E-state index contributed by atoms with van der Waals surface area (Å²) < 4.78 is 5.85. The monoisotopic (exact) mass is 522 g/mol. The summed E-state index contributed by atoms with van der Waals surface area (Å²) in [5, 5.41) is 14.5. The van der Waals surface area contributed by atoms with Crippen molar-refractivity contribution in [1.29, 1.82) is 5.41 Å². The van der Waals surface area contributed by atoms with Crippen molar-refractivity contribution < 1.29 is 19.1 Å². The summed E-state index contributed by atoms with van der Waals surface area (Å²) in [6, 6.07) is 0.896. The highest BCUT2D eigenvalue weighted by Crippen LogP contribution is 2.47. The van der Waals surface area contributed by atoms with E-state index < -0.39 is 18.2 Å². The fourth-order valence-electron chi connectivity index (χ4n) is 4.98. The topological polar surface area (TPSA) is 137 Å². The van der Waals surface area contributed by atoms with E-state index in [-0.39, 0.29) is 47.9 Å². The van der Waals surface area contributed by atoms with Gasteiger partial charge in [-0.15, -0.1) is 0 Å². The molecule has 1 saturated heterocycles. The molecule has 1 aliphatic heterocycles. The first-order chi connectivity index (χ1) is 18.0. The van der Waals surface area contributed by atoms with E-state index >= 15 is 0 Å². The summed E-state index contributed by atoms with van der Waals surface area (Å²) in [5.74, 6) is 0.313. The number of hydrogen-bond donors (Lipinski definition) is 3. The SMILES string of the molecule is CC(=O)C(=N)C1=CC(OCc2ncccn2)C=CC1NCC(=O)N1C(C(=O)NCCC(C)(C)C)CC2CC21.